The van der Waals surface area contributed by atoms with Crippen LogP contribution in [0.15, 0.2) is 164 Å². The van der Waals surface area contributed by atoms with Crippen LogP contribution in [0.3, 0.4) is 0 Å². The molecule has 0 aliphatic rings. The number of phenolic OH excluding ortho intramolecular Hbond substituents is 2. The number of rotatable bonds is 19. The quantitative estimate of drug-likeness (QED) is 0.0126. The van der Waals surface area contributed by atoms with E-state index < -0.39 is 114 Å². The van der Waals surface area contributed by atoms with E-state index in [0.29, 0.717) is 16.9 Å². The van der Waals surface area contributed by atoms with Crippen LogP contribution in [0.5, 0.6) is 11.5 Å². The number of nitro groups is 1. The minimum Gasteiger partial charge on any atom is -0.505 e. The van der Waals surface area contributed by atoms with E-state index in [1.165, 1.54) is 50.4 Å². The molecule has 7 aromatic rings. The van der Waals surface area contributed by atoms with Gasteiger partial charge in [-0.15, -0.1) is 10.2 Å². The van der Waals surface area contributed by atoms with E-state index in [9.17, 15) is 78.2 Å². The highest BCUT2D eigenvalue weighted by Crippen LogP contribution is 2.48. The Hall–Kier alpha value is -8.37. The number of benzene rings is 7. The van der Waals surface area contributed by atoms with Crippen LogP contribution in [0.25, 0.3) is 21.5 Å². The van der Waals surface area contributed by atoms with Gasteiger partial charge in [-0.25, -0.2) is 0 Å². The average molecular weight is 1440 g/mol. The summed E-state index contributed by atoms with van der Waals surface area (Å²) in [5.41, 5.74) is 6.70. The van der Waals surface area contributed by atoms with E-state index in [2.05, 4.69) is 61.8 Å². The van der Waals surface area contributed by atoms with Gasteiger partial charge in [0.25, 0.3) is 70.8 Å². The predicted octanol–water partition coefficient (Wildman–Crippen LogP) is 8.84. The Labute approximate surface area is 534 Å². The van der Waals surface area contributed by atoms with Crippen molar-refractivity contribution in [1.82, 2.24) is 0 Å². The normalized spacial score (nSPS) is 12.4. The molecule has 0 unspecified atom stereocenters. The zero-order chi connectivity index (χ0) is 70.8. The van der Waals surface area contributed by atoms with E-state index in [1.807, 2.05) is 0 Å². The van der Waals surface area contributed by atoms with Crippen molar-refractivity contribution < 1.29 is 104 Å². The summed E-state index contributed by atoms with van der Waals surface area (Å²) in [5.74, 6) is -3.15. The van der Waals surface area contributed by atoms with Crippen LogP contribution in [0, 0.1) is 24.0 Å². The standard InChI is InChI=1S/C21H22N2O10S3.C19H19N5O7S2.C8H10N2O3S.C2H6O3S.CH3NO2/c1-12-5-8-17(14(9-12)11-34(25,26)27)22-23-19-18(35(28,29)32-3)10-16-15(20(19)24)7-6-13(2)21(16)36(30,31)33-4;1-21-23-14-9-15(33(29,30)31-2)13-8-11(10-32(26,27)28)18(19(25)16(13)17(14)20)24-22-12-6-4-3-5-7-12;1-9-10-7-3-5-8(6-4-7)14(11,12)13-2;1-5-6(2,3)4;1-2(3)4/h5-10,24H,11H2,1-4H3,(H,25,26,27);3-9,25H,10,20H2,1-2H3,(H,26,27,28);3-6H,1-2H3;1-2H3;1H3. The number of phenols is 2. The summed E-state index contributed by atoms with van der Waals surface area (Å²) < 4.78 is 204. The number of aromatic hydroxyl groups is 2. The second-order valence-corrected chi connectivity index (χ2v) is 29.4. The number of nitrogen functional groups attached to an aromatic ring is 1. The van der Waals surface area contributed by atoms with Gasteiger partial charge in [0, 0.05) is 40.7 Å². The van der Waals surface area contributed by atoms with Gasteiger partial charge in [-0.1, -0.05) is 48.0 Å². The number of nitrogens with two attached hydrogens (primary N) is 1. The number of anilines is 1. The Morgan fingerprint density at radius 3 is 1.49 bits per heavy atom. The third-order valence-electron chi connectivity index (χ3n) is 11.5. The lowest BCUT2D eigenvalue weighted by molar-refractivity contribution is -0.445. The van der Waals surface area contributed by atoms with Crippen molar-refractivity contribution in [3.63, 3.8) is 0 Å². The Morgan fingerprint density at radius 2 is 1.00 bits per heavy atom. The third kappa shape index (κ3) is 22.7. The summed E-state index contributed by atoms with van der Waals surface area (Å²) in [7, 11) is -20.3. The minimum atomic E-state index is -4.61. The molecule has 0 saturated heterocycles. The Balaban J connectivity index is 0.000000361. The summed E-state index contributed by atoms with van der Waals surface area (Å²) in [6, 6.07) is 24.7. The van der Waals surface area contributed by atoms with Gasteiger partial charge in [-0.2, -0.15) is 89.6 Å². The zero-order valence-corrected chi connectivity index (χ0v) is 56.3. The maximum absolute atomic E-state index is 12.7. The van der Waals surface area contributed by atoms with Crippen molar-refractivity contribution >= 4 is 132 Å². The smallest absolute Gasteiger partial charge is 0.299 e. The van der Waals surface area contributed by atoms with Gasteiger partial charge < -0.3 is 15.9 Å². The molecule has 35 nitrogen and oxygen atoms in total. The molecule has 7 rings (SSSR count). The molecule has 0 amide bonds. The molecule has 0 aromatic heterocycles. The third-order valence-corrected chi connectivity index (χ3v) is 18.9. The van der Waals surface area contributed by atoms with Crippen LogP contribution in [-0.2, 0) is 103 Å². The molecule has 0 atom stereocenters. The van der Waals surface area contributed by atoms with Crippen molar-refractivity contribution in [2.75, 3.05) is 68.7 Å². The molecule has 0 radical (unpaired) electrons. The van der Waals surface area contributed by atoms with E-state index in [1.54, 1.807) is 62.5 Å². The average Bonchev–Trinajstić information content (AvgIpc) is 0.753. The lowest BCUT2D eigenvalue weighted by atomic mass is 10.0. The second kappa shape index (κ2) is 33.0. The van der Waals surface area contributed by atoms with Crippen LogP contribution < -0.4 is 5.73 Å². The molecule has 0 aliphatic heterocycles. The summed E-state index contributed by atoms with van der Waals surface area (Å²) in [4.78, 5) is 6.91. The van der Waals surface area contributed by atoms with Crippen molar-refractivity contribution in [2.45, 2.75) is 44.9 Å². The molecule has 6 N–H and O–H groups in total. The fraction of sp³-hybridized carbons (Fsp3) is 0.255. The first-order valence-electron chi connectivity index (χ1n) is 25.0. The van der Waals surface area contributed by atoms with Gasteiger partial charge in [0.05, 0.1) is 74.8 Å². The first kappa shape index (κ1) is 78.9. The molecule has 0 fully saturated rings. The maximum atomic E-state index is 12.7. The molecule has 0 spiro atoms. The molecule has 7 aromatic carbocycles. The molecule has 0 aliphatic carbocycles. The number of azo groups is 4. The Bertz CT molecular complexity index is 4870. The SMILES string of the molecule is CN=Nc1cc(S(=O)(=O)OC)c2cc(CS(=O)(=O)O)c(N=Nc3ccccc3)c(O)c2c1N.CN=Nc1ccc(S(=O)(=O)OC)cc1.COS(=O)(=O)c1cc2c(S(=O)(=O)OC)c(C)ccc2c(O)c1N=Nc1ccc(C)cc1CS(=O)(=O)O.COS(C)(=O)=O.C[N+](=O)[O-]. The van der Waals surface area contributed by atoms with Gasteiger partial charge in [-0.05, 0) is 85.6 Å². The lowest BCUT2D eigenvalue weighted by Crippen LogP contribution is -2.08. The first-order valence-corrected chi connectivity index (χ1v) is 35.7. The van der Waals surface area contributed by atoms with Gasteiger partial charge in [0.1, 0.15) is 43.3 Å². The van der Waals surface area contributed by atoms with Crippen LogP contribution in [0.4, 0.5) is 39.8 Å². The first-order chi connectivity index (χ1) is 43.0. The Kier molecular flexibility index (Phi) is 27.9. The molecule has 506 valence electrons. The fourth-order valence-corrected chi connectivity index (χ4v) is 12.2. The Morgan fingerprint density at radius 1 is 0.505 bits per heavy atom. The predicted molar refractivity (Wildman–Crippen MR) is 336 cm³/mol. The molecule has 0 saturated carbocycles. The van der Waals surface area contributed by atoms with Gasteiger partial charge >= 0.3 is 0 Å². The van der Waals surface area contributed by atoms with Crippen molar-refractivity contribution in [3.8, 4) is 11.5 Å². The topological polar surface area (TPSA) is 534 Å². The number of nitrogens with zero attached hydrogens (tertiary/aromatic N) is 9. The lowest BCUT2D eigenvalue weighted by Gasteiger charge is -2.15. The van der Waals surface area contributed by atoms with Crippen LogP contribution in [0.2, 0.25) is 0 Å². The van der Waals surface area contributed by atoms with E-state index in [-0.39, 0.29) is 70.8 Å². The summed E-state index contributed by atoms with van der Waals surface area (Å²) >= 11 is 0. The number of aryl methyl sites for hydroxylation is 2. The monoisotopic (exact) mass is 1440 g/mol. The number of fused-ring (bicyclic) bond motifs is 2. The molecule has 0 heterocycles. The number of hydrogen-bond acceptors (Lipinski definition) is 32. The fourth-order valence-electron chi connectivity index (χ4n) is 7.51. The van der Waals surface area contributed by atoms with Crippen LogP contribution in [0.1, 0.15) is 22.3 Å². The van der Waals surface area contributed by atoms with E-state index >= 15 is 0 Å². The molecule has 42 heteroatoms. The summed E-state index contributed by atoms with van der Waals surface area (Å²) in [6.07, 6.45) is 0.993. The highest BCUT2D eigenvalue weighted by molar-refractivity contribution is 7.88. The zero-order valence-electron chi connectivity index (χ0n) is 50.6. The maximum Gasteiger partial charge on any atom is 0.299 e. The molecular formula is C51H60N10O25S7. The van der Waals surface area contributed by atoms with E-state index in [4.69, 9.17) is 15.8 Å². The second-order valence-electron chi connectivity index (χ2n) is 18.0. The highest BCUT2D eigenvalue weighted by atomic mass is 32.2. The largest absolute Gasteiger partial charge is 0.505 e. The van der Waals surface area contributed by atoms with Crippen molar-refractivity contribution in [2.24, 2.45) is 40.9 Å². The van der Waals surface area contributed by atoms with Gasteiger partial charge in [-0.3, -0.25) is 40.1 Å². The molecule has 0 bridgehead atoms. The summed E-state index contributed by atoms with van der Waals surface area (Å²) in [5, 5.41) is 60.6. The van der Waals surface area contributed by atoms with Crippen LogP contribution >= 0.6 is 0 Å². The van der Waals surface area contributed by atoms with Gasteiger partial charge in [0.2, 0.25) is 0 Å². The van der Waals surface area contributed by atoms with Crippen molar-refractivity contribution in [3.05, 3.63) is 135 Å². The van der Waals surface area contributed by atoms with Crippen molar-refractivity contribution in [1.29, 1.82) is 0 Å². The minimum absolute atomic E-state index is 0.0231. The number of hydrogen-bond donors (Lipinski definition) is 5. The van der Waals surface area contributed by atoms with Gasteiger partial charge in [0.15, 0.2) is 18.5 Å². The summed E-state index contributed by atoms with van der Waals surface area (Å²) in [6.45, 7) is 3.15. The highest BCUT2D eigenvalue weighted by Gasteiger charge is 2.30. The molecule has 93 heavy (non-hydrogen) atoms. The van der Waals surface area contributed by atoms with E-state index in [0.717, 1.165) is 67.1 Å². The van der Waals surface area contributed by atoms with Crippen LogP contribution in [-0.4, -0.2) is 146 Å². The molecular weight excluding hydrogens is 1380 g/mol.